The third-order valence-electron chi connectivity index (χ3n) is 2.67. The van der Waals surface area contributed by atoms with E-state index in [1.54, 1.807) is 19.3 Å². The van der Waals surface area contributed by atoms with Gasteiger partial charge in [0.1, 0.15) is 12.4 Å². The second kappa shape index (κ2) is 6.37. The molecule has 1 unspecified atom stereocenters. The van der Waals surface area contributed by atoms with Gasteiger partial charge in [-0.1, -0.05) is 33.6 Å². The summed E-state index contributed by atoms with van der Waals surface area (Å²) in [6.07, 6.45) is 2.66. The van der Waals surface area contributed by atoms with Crippen molar-refractivity contribution < 1.29 is 9.84 Å². The molecule has 0 spiro atoms. The van der Waals surface area contributed by atoms with Crippen LogP contribution in [0.4, 0.5) is 0 Å². The molecule has 19 heavy (non-hydrogen) atoms. The van der Waals surface area contributed by atoms with Crippen molar-refractivity contribution in [1.29, 1.82) is 0 Å². The Kier molecular flexibility index (Phi) is 4.80. The lowest BCUT2D eigenvalue weighted by molar-refractivity contribution is 0.190. The molecular weight excluding hydrogens is 330 g/mol. The molecule has 0 saturated carbocycles. The van der Waals surface area contributed by atoms with Crippen molar-refractivity contribution in [3.05, 3.63) is 57.3 Å². The van der Waals surface area contributed by atoms with Gasteiger partial charge in [-0.15, -0.1) is 0 Å². The summed E-state index contributed by atoms with van der Waals surface area (Å²) in [5.41, 5.74) is 1.60. The van der Waals surface area contributed by atoms with Gasteiger partial charge in [0.15, 0.2) is 0 Å². The van der Waals surface area contributed by atoms with Crippen molar-refractivity contribution in [2.45, 2.75) is 19.6 Å². The number of aromatic nitrogens is 1. The first kappa shape index (κ1) is 14.3. The van der Waals surface area contributed by atoms with Gasteiger partial charge in [-0.2, -0.15) is 0 Å². The molecule has 2 rings (SSSR count). The molecule has 0 amide bonds. The third kappa shape index (κ3) is 3.69. The van der Waals surface area contributed by atoms with Crippen LogP contribution in [0.5, 0.6) is 5.75 Å². The molecule has 0 aliphatic rings. The zero-order chi connectivity index (χ0) is 13.8. The van der Waals surface area contributed by atoms with Crippen molar-refractivity contribution in [1.82, 2.24) is 4.98 Å². The largest absolute Gasteiger partial charge is 0.488 e. The standard InChI is InChI=1S/C14H13BrClNO2/c1-9(18)12-3-2-11(15)6-14(12)19-8-10-4-5-17-7-13(10)16/h2-7,9,18H,8H2,1H3. The van der Waals surface area contributed by atoms with Crippen LogP contribution in [-0.4, -0.2) is 10.1 Å². The molecular formula is C14H13BrClNO2. The molecule has 0 radical (unpaired) electrons. The highest BCUT2D eigenvalue weighted by molar-refractivity contribution is 9.10. The van der Waals surface area contributed by atoms with E-state index in [1.807, 2.05) is 24.3 Å². The summed E-state index contributed by atoms with van der Waals surface area (Å²) in [5.74, 6) is 0.636. The fourth-order valence-corrected chi connectivity index (χ4v) is 2.17. The van der Waals surface area contributed by atoms with Crippen LogP contribution >= 0.6 is 27.5 Å². The summed E-state index contributed by atoms with van der Waals surface area (Å²) >= 11 is 9.41. The van der Waals surface area contributed by atoms with Gasteiger partial charge < -0.3 is 9.84 Å². The Morgan fingerprint density at radius 2 is 2.21 bits per heavy atom. The Hall–Kier alpha value is -1.10. The molecule has 0 saturated heterocycles. The number of benzene rings is 1. The first-order chi connectivity index (χ1) is 9.08. The van der Waals surface area contributed by atoms with Gasteiger partial charge in [-0.05, 0) is 25.1 Å². The highest BCUT2D eigenvalue weighted by atomic mass is 79.9. The topological polar surface area (TPSA) is 42.4 Å². The first-order valence-corrected chi connectivity index (χ1v) is 6.93. The first-order valence-electron chi connectivity index (χ1n) is 5.76. The smallest absolute Gasteiger partial charge is 0.126 e. The number of hydrogen-bond acceptors (Lipinski definition) is 3. The maximum atomic E-state index is 9.72. The summed E-state index contributed by atoms with van der Waals surface area (Å²) in [6.45, 7) is 2.03. The molecule has 0 aliphatic heterocycles. The van der Waals surface area contributed by atoms with E-state index >= 15 is 0 Å². The van der Waals surface area contributed by atoms with Crippen LogP contribution in [0.3, 0.4) is 0 Å². The van der Waals surface area contributed by atoms with E-state index in [9.17, 15) is 5.11 Å². The second-order valence-electron chi connectivity index (χ2n) is 4.11. The van der Waals surface area contributed by atoms with E-state index in [0.29, 0.717) is 17.4 Å². The summed E-state index contributed by atoms with van der Waals surface area (Å²) in [6, 6.07) is 7.34. The van der Waals surface area contributed by atoms with Crippen molar-refractivity contribution in [2.24, 2.45) is 0 Å². The average molecular weight is 343 g/mol. The minimum absolute atomic E-state index is 0.331. The van der Waals surface area contributed by atoms with Crippen LogP contribution in [0.1, 0.15) is 24.2 Å². The molecule has 3 nitrogen and oxygen atoms in total. The van der Waals surface area contributed by atoms with E-state index in [2.05, 4.69) is 20.9 Å². The van der Waals surface area contributed by atoms with Crippen LogP contribution in [0.25, 0.3) is 0 Å². The lowest BCUT2D eigenvalue weighted by Gasteiger charge is -2.14. The molecule has 0 bridgehead atoms. The van der Waals surface area contributed by atoms with E-state index in [-0.39, 0.29) is 0 Å². The number of pyridine rings is 1. The van der Waals surface area contributed by atoms with E-state index in [4.69, 9.17) is 16.3 Å². The molecule has 1 atom stereocenters. The van der Waals surface area contributed by atoms with Gasteiger partial charge >= 0.3 is 0 Å². The minimum atomic E-state index is -0.587. The van der Waals surface area contributed by atoms with Gasteiger partial charge in [0.25, 0.3) is 0 Å². The second-order valence-corrected chi connectivity index (χ2v) is 5.44. The van der Waals surface area contributed by atoms with Crippen molar-refractivity contribution in [3.8, 4) is 5.75 Å². The Labute approximate surface area is 125 Å². The number of rotatable bonds is 4. The van der Waals surface area contributed by atoms with Crippen molar-refractivity contribution in [3.63, 3.8) is 0 Å². The quantitative estimate of drug-likeness (QED) is 0.908. The fourth-order valence-electron chi connectivity index (χ4n) is 1.65. The molecule has 1 heterocycles. The van der Waals surface area contributed by atoms with Crippen LogP contribution in [0, 0.1) is 0 Å². The van der Waals surface area contributed by atoms with E-state index < -0.39 is 6.10 Å². The maximum absolute atomic E-state index is 9.72. The zero-order valence-electron chi connectivity index (χ0n) is 10.3. The van der Waals surface area contributed by atoms with Gasteiger partial charge in [0.05, 0.1) is 11.1 Å². The number of nitrogens with zero attached hydrogens (tertiary/aromatic N) is 1. The Morgan fingerprint density at radius 3 is 2.89 bits per heavy atom. The predicted molar refractivity (Wildman–Crippen MR) is 78.4 cm³/mol. The Bertz CT molecular complexity index is 575. The van der Waals surface area contributed by atoms with Crippen molar-refractivity contribution in [2.75, 3.05) is 0 Å². The molecule has 100 valence electrons. The monoisotopic (exact) mass is 341 g/mol. The zero-order valence-corrected chi connectivity index (χ0v) is 12.6. The SMILES string of the molecule is CC(O)c1ccc(Br)cc1OCc1ccncc1Cl. The minimum Gasteiger partial charge on any atom is -0.488 e. The highest BCUT2D eigenvalue weighted by Crippen LogP contribution is 2.29. The van der Waals surface area contributed by atoms with Gasteiger partial charge in [0.2, 0.25) is 0 Å². The number of aliphatic hydroxyl groups is 1. The molecule has 1 aromatic heterocycles. The van der Waals surface area contributed by atoms with Crippen LogP contribution in [0.2, 0.25) is 5.02 Å². The summed E-state index contributed by atoms with van der Waals surface area (Å²) in [5, 5.41) is 10.3. The van der Waals surface area contributed by atoms with Crippen LogP contribution in [-0.2, 0) is 6.61 Å². The number of hydrogen-bond donors (Lipinski definition) is 1. The lowest BCUT2D eigenvalue weighted by Crippen LogP contribution is -2.01. The molecule has 0 fully saturated rings. The maximum Gasteiger partial charge on any atom is 0.126 e. The molecule has 5 heteroatoms. The molecule has 2 aromatic rings. The Morgan fingerprint density at radius 1 is 1.42 bits per heavy atom. The Balaban J connectivity index is 2.19. The average Bonchev–Trinajstić information content (AvgIpc) is 2.37. The van der Waals surface area contributed by atoms with E-state index in [0.717, 1.165) is 15.6 Å². The number of aliphatic hydroxyl groups excluding tert-OH is 1. The molecule has 1 aromatic carbocycles. The van der Waals surface area contributed by atoms with Crippen LogP contribution < -0.4 is 4.74 Å². The highest BCUT2D eigenvalue weighted by Gasteiger charge is 2.10. The lowest BCUT2D eigenvalue weighted by atomic mass is 10.1. The molecule has 0 aliphatic carbocycles. The van der Waals surface area contributed by atoms with Gasteiger partial charge in [-0.25, -0.2) is 0 Å². The number of ether oxygens (including phenoxy) is 1. The van der Waals surface area contributed by atoms with Crippen LogP contribution in [0.15, 0.2) is 41.1 Å². The third-order valence-corrected chi connectivity index (χ3v) is 3.50. The van der Waals surface area contributed by atoms with Gasteiger partial charge in [-0.3, -0.25) is 4.98 Å². The van der Waals surface area contributed by atoms with Crippen molar-refractivity contribution >= 4 is 27.5 Å². The summed E-state index contributed by atoms with van der Waals surface area (Å²) in [4.78, 5) is 3.92. The molecule has 1 N–H and O–H groups in total. The summed E-state index contributed by atoms with van der Waals surface area (Å²) < 4.78 is 6.64. The number of halogens is 2. The van der Waals surface area contributed by atoms with E-state index in [1.165, 1.54) is 0 Å². The predicted octanol–water partition coefficient (Wildman–Crippen LogP) is 4.13. The van der Waals surface area contributed by atoms with Gasteiger partial charge in [0, 0.05) is 28.0 Å². The fraction of sp³-hybridized carbons (Fsp3) is 0.214. The summed E-state index contributed by atoms with van der Waals surface area (Å²) in [7, 11) is 0. The normalized spacial score (nSPS) is 12.2.